The van der Waals surface area contributed by atoms with E-state index in [0.717, 1.165) is 36.5 Å². The van der Waals surface area contributed by atoms with Gasteiger partial charge >= 0.3 is 0 Å². The summed E-state index contributed by atoms with van der Waals surface area (Å²) in [6, 6.07) is 19.3. The average molecular weight is 361 g/mol. The summed E-state index contributed by atoms with van der Waals surface area (Å²) in [7, 11) is 0. The van der Waals surface area contributed by atoms with E-state index >= 15 is 0 Å². The summed E-state index contributed by atoms with van der Waals surface area (Å²) in [5, 5.41) is 13.6. The third kappa shape index (κ3) is 3.79. The van der Waals surface area contributed by atoms with Crippen LogP contribution in [0.5, 0.6) is 0 Å². The third-order valence-corrected chi connectivity index (χ3v) is 5.48. The van der Waals surface area contributed by atoms with Crippen LogP contribution < -0.4 is 5.32 Å². The van der Waals surface area contributed by atoms with E-state index in [0.29, 0.717) is 0 Å². The lowest BCUT2D eigenvalue weighted by Gasteiger charge is -2.23. The molecule has 1 atom stereocenters. The lowest BCUT2D eigenvalue weighted by atomic mass is 9.86. The second-order valence-corrected chi connectivity index (χ2v) is 8.58. The highest BCUT2D eigenvalue weighted by molar-refractivity contribution is 5.68. The number of rotatable bonds is 3. The van der Waals surface area contributed by atoms with Gasteiger partial charge in [-0.25, -0.2) is 0 Å². The van der Waals surface area contributed by atoms with Gasteiger partial charge in [0.1, 0.15) is 5.82 Å². The Labute approximate surface area is 161 Å². The minimum atomic E-state index is -0.235. The number of hydrogen-bond acceptors (Lipinski definition) is 2. The van der Waals surface area contributed by atoms with Gasteiger partial charge in [0.05, 0.1) is 6.10 Å². The van der Waals surface area contributed by atoms with Crippen molar-refractivity contribution in [1.82, 2.24) is 4.98 Å². The first kappa shape index (κ1) is 17.9. The fourth-order valence-corrected chi connectivity index (χ4v) is 3.82. The molecular weight excluding hydrogens is 332 g/mol. The van der Waals surface area contributed by atoms with Crippen LogP contribution in [0.4, 0.5) is 11.5 Å². The van der Waals surface area contributed by atoms with E-state index in [4.69, 9.17) is 0 Å². The molecule has 0 amide bonds. The summed E-state index contributed by atoms with van der Waals surface area (Å²) in [5.74, 6) is 0.971. The summed E-state index contributed by atoms with van der Waals surface area (Å²) in [5.41, 5.74) is 7.45. The van der Waals surface area contributed by atoms with Crippen molar-refractivity contribution in [3.63, 3.8) is 0 Å². The molecule has 1 aliphatic carbocycles. The Morgan fingerprint density at radius 2 is 1.78 bits per heavy atom. The predicted octanol–water partition coefficient (Wildman–Crippen LogP) is 5.57. The Balaban J connectivity index is 1.56. The number of anilines is 2. The normalized spacial score (nSPS) is 16.8. The maximum Gasteiger partial charge on any atom is 0.108 e. The lowest BCUT2D eigenvalue weighted by Crippen LogP contribution is -2.19. The predicted molar refractivity (Wildman–Crippen MR) is 113 cm³/mol. The molecule has 1 aliphatic rings. The quantitative estimate of drug-likeness (QED) is 0.571. The maximum atomic E-state index is 10.0. The lowest BCUT2D eigenvalue weighted by molar-refractivity contribution is 0.159. The van der Waals surface area contributed by atoms with Crippen LogP contribution in [0.25, 0.3) is 11.3 Å². The fourth-order valence-electron chi connectivity index (χ4n) is 3.82. The van der Waals surface area contributed by atoms with Crippen LogP contribution in [0.2, 0.25) is 0 Å². The SMILES string of the molecule is CC(C)(C)c1ccc(-c2ccc(Nc3cccc4c3C[C@@H](O)CC4)[nH]2)cc1. The number of benzene rings is 2. The first-order valence-corrected chi connectivity index (χ1v) is 9.76. The number of nitrogens with one attached hydrogen (secondary N) is 2. The Kier molecular flexibility index (Phi) is 4.56. The molecule has 0 bridgehead atoms. The Morgan fingerprint density at radius 1 is 1.00 bits per heavy atom. The summed E-state index contributed by atoms with van der Waals surface area (Å²) in [6.45, 7) is 6.70. The molecule has 0 saturated carbocycles. The van der Waals surface area contributed by atoms with Crippen molar-refractivity contribution in [2.75, 3.05) is 5.32 Å². The number of aromatic nitrogens is 1. The van der Waals surface area contributed by atoms with Crippen LogP contribution in [0.1, 0.15) is 43.9 Å². The second kappa shape index (κ2) is 6.90. The van der Waals surface area contributed by atoms with E-state index in [1.165, 1.54) is 22.3 Å². The summed E-state index contributed by atoms with van der Waals surface area (Å²) < 4.78 is 0. The molecule has 0 fully saturated rings. The van der Waals surface area contributed by atoms with Gasteiger partial charge in [-0.1, -0.05) is 57.2 Å². The first-order chi connectivity index (χ1) is 12.9. The number of aryl methyl sites for hydroxylation is 1. The molecule has 27 heavy (non-hydrogen) atoms. The van der Waals surface area contributed by atoms with Crippen molar-refractivity contribution >= 4 is 11.5 Å². The number of H-pyrrole nitrogens is 1. The van der Waals surface area contributed by atoms with Gasteiger partial charge in [0.25, 0.3) is 0 Å². The van der Waals surface area contributed by atoms with Crippen molar-refractivity contribution < 1.29 is 5.11 Å². The van der Waals surface area contributed by atoms with Crippen LogP contribution in [-0.2, 0) is 18.3 Å². The van der Waals surface area contributed by atoms with Crippen LogP contribution in [0.3, 0.4) is 0 Å². The van der Waals surface area contributed by atoms with Crippen LogP contribution >= 0.6 is 0 Å². The number of aromatic amines is 1. The number of aliphatic hydroxyl groups excluding tert-OH is 1. The van der Waals surface area contributed by atoms with Crippen LogP contribution in [-0.4, -0.2) is 16.2 Å². The maximum absolute atomic E-state index is 10.0. The molecule has 0 spiro atoms. The molecule has 4 rings (SSSR count). The van der Waals surface area contributed by atoms with Crippen molar-refractivity contribution in [2.45, 2.75) is 51.6 Å². The van der Waals surface area contributed by atoms with Gasteiger partial charge in [-0.2, -0.15) is 0 Å². The molecule has 1 aromatic heterocycles. The van der Waals surface area contributed by atoms with Gasteiger partial charge < -0.3 is 15.4 Å². The van der Waals surface area contributed by atoms with Crippen LogP contribution in [0.15, 0.2) is 54.6 Å². The zero-order chi connectivity index (χ0) is 19.0. The van der Waals surface area contributed by atoms with E-state index in [1.807, 2.05) is 0 Å². The molecule has 0 saturated heterocycles. The van der Waals surface area contributed by atoms with Crippen molar-refractivity contribution in [2.24, 2.45) is 0 Å². The largest absolute Gasteiger partial charge is 0.393 e. The van der Waals surface area contributed by atoms with Gasteiger partial charge in [-0.3, -0.25) is 0 Å². The van der Waals surface area contributed by atoms with Crippen LogP contribution in [0, 0.1) is 0 Å². The van der Waals surface area contributed by atoms with Crippen molar-refractivity contribution in [3.05, 3.63) is 71.3 Å². The molecule has 3 heteroatoms. The number of fused-ring (bicyclic) bond motifs is 1. The molecule has 1 heterocycles. The van der Waals surface area contributed by atoms with E-state index in [2.05, 4.69) is 85.7 Å². The van der Waals surface area contributed by atoms with E-state index in [-0.39, 0.29) is 11.5 Å². The first-order valence-electron chi connectivity index (χ1n) is 9.76. The molecular formula is C24H28N2O. The van der Waals surface area contributed by atoms with Gasteiger partial charge in [0, 0.05) is 17.8 Å². The summed E-state index contributed by atoms with van der Waals surface area (Å²) in [4.78, 5) is 3.48. The highest BCUT2D eigenvalue weighted by Gasteiger charge is 2.19. The van der Waals surface area contributed by atoms with Gasteiger partial charge in [0.2, 0.25) is 0 Å². The van der Waals surface area contributed by atoms with Gasteiger partial charge in [-0.05, 0) is 58.7 Å². The number of aliphatic hydroxyl groups is 1. The Morgan fingerprint density at radius 3 is 2.52 bits per heavy atom. The summed E-state index contributed by atoms with van der Waals surface area (Å²) >= 11 is 0. The zero-order valence-electron chi connectivity index (χ0n) is 16.3. The van der Waals surface area contributed by atoms with Gasteiger partial charge in [0.15, 0.2) is 0 Å². The fraction of sp³-hybridized carbons (Fsp3) is 0.333. The third-order valence-electron chi connectivity index (χ3n) is 5.48. The molecule has 2 aromatic carbocycles. The van der Waals surface area contributed by atoms with Crippen molar-refractivity contribution in [1.29, 1.82) is 0 Å². The monoisotopic (exact) mass is 360 g/mol. The minimum Gasteiger partial charge on any atom is -0.393 e. The smallest absolute Gasteiger partial charge is 0.108 e. The van der Waals surface area contributed by atoms with E-state index in [9.17, 15) is 5.11 Å². The van der Waals surface area contributed by atoms with E-state index in [1.54, 1.807) is 0 Å². The van der Waals surface area contributed by atoms with Gasteiger partial charge in [-0.15, -0.1) is 0 Å². The zero-order valence-corrected chi connectivity index (χ0v) is 16.3. The van der Waals surface area contributed by atoms with E-state index < -0.39 is 0 Å². The minimum absolute atomic E-state index is 0.165. The highest BCUT2D eigenvalue weighted by atomic mass is 16.3. The molecule has 0 aliphatic heterocycles. The Hall–Kier alpha value is -2.52. The highest BCUT2D eigenvalue weighted by Crippen LogP contribution is 2.31. The standard InChI is InChI=1S/C24H28N2O/c1-24(2,3)18-10-7-17(8-11-18)21-13-14-23(25-21)26-22-6-4-5-16-9-12-19(27)15-20(16)22/h4-8,10-11,13-14,19,25-27H,9,12,15H2,1-3H3/t19-/m0/s1. The molecule has 0 unspecified atom stereocenters. The Bertz CT molecular complexity index is 932. The van der Waals surface area contributed by atoms with Crippen molar-refractivity contribution in [3.8, 4) is 11.3 Å². The molecule has 0 radical (unpaired) electrons. The average Bonchev–Trinajstić information content (AvgIpc) is 3.10. The topological polar surface area (TPSA) is 48.0 Å². The molecule has 3 N–H and O–H groups in total. The molecule has 3 nitrogen and oxygen atoms in total. The second-order valence-electron chi connectivity index (χ2n) is 8.58. The summed E-state index contributed by atoms with van der Waals surface area (Å²) in [6.07, 6.45) is 2.29. The number of hydrogen-bond donors (Lipinski definition) is 3. The molecule has 3 aromatic rings. The molecule has 140 valence electrons.